The summed E-state index contributed by atoms with van der Waals surface area (Å²) >= 11 is 0. The van der Waals surface area contributed by atoms with E-state index in [1.807, 2.05) is 36.1 Å². The van der Waals surface area contributed by atoms with Gasteiger partial charge in [0, 0.05) is 42.7 Å². The molecule has 0 saturated carbocycles. The van der Waals surface area contributed by atoms with Crippen LogP contribution in [0.1, 0.15) is 25.3 Å². The van der Waals surface area contributed by atoms with Crippen molar-refractivity contribution in [2.24, 2.45) is 0 Å². The van der Waals surface area contributed by atoms with Gasteiger partial charge in [0.2, 0.25) is 23.6 Å². The molecule has 190 valence electrons. The third kappa shape index (κ3) is 6.94. The molecule has 2 amide bonds. The van der Waals surface area contributed by atoms with Gasteiger partial charge < -0.3 is 25.0 Å². The lowest BCUT2D eigenvalue weighted by Gasteiger charge is -2.16. The van der Waals surface area contributed by atoms with Crippen molar-refractivity contribution >= 4 is 34.7 Å². The number of nitrogens with one attached hydrogen (secondary N) is 2. The van der Waals surface area contributed by atoms with Gasteiger partial charge >= 0.3 is 0 Å². The molecule has 1 aromatic heterocycles. The molecule has 1 aliphatic heterocycles. The molecule has 37 heavy (non-hydrogen) atoms. The maximum atomic E-state index is 11.8. The van der Waals surface area contributed by atoms with Crippen molar-refractivity contribution in [1.29, 1.82) is 0 Å². The Hall–Kier alpha value is -4.66. The topological polar surface area (TPSA) is 106 Å². The second-order valence-electron chi connectivity index (χ2n) is 8.50. The normalized spacial score (nSPS) is 12.7. The molecule has 4 rings (SSSR count). The monoisotopic (exact) mass is 499 g/mol. The average Bonchev–Trinajstić information content (AvgIpc) is 3.29. The largest absolute Gasteiger partial charge is 0.492 e. The summed E-state index contributed by atoms with van der Waals surface area (Å²) in [5.41, 5.74) is 2.69. The first-order chi connectivity index (χ1) is 17.9. The van der Waals surface area contributed by atoms with Crippen LogP contribution in [0.25, 0.3) is 5.57 Å². The molecule has 0 unspecified atom stereocenters. The Kier molecular flexibility index (Phi) is 8.15. The summed E-state index contributed by atoms with van der Waals surface area (Å²) in [5, 5.41) is 5.88. The number of ether oxygens (including phenoxy) is 2. The summed E-state index contributed by atoms with van der Waals surface area (Å²) in [4.78, 5) is 34.2. The Morgan fingerprint density at radius 1 is 1.16 bits per heavy atom. The maximum Gasteiger partial charge on any atom is 0.247 e. The number of nitrogens with zero attached hydrogens (tertiary/aromatic N) is 3. The van der Waals surface area contributed by atoms with Gasteiger partial charge in [0.1, 0.15) is 18.1 Å². The maximum absolute atomic E-state index is 11.8. The van der Waals surface area contributed by atoms with Crippen LogP contribution in [-0.4, -0.2) is 46.4 Å². The van der Waals surface area contributed by atoms with Gasteiger partial charge in [-0.05, 0) is 49.3 Å². The fourth-order valence-corrected chi connectivity index (χ4v) is 3.75. The van der Waals surface area contributed by atoms with Crippen LogP contribution in [0.5, 0.6) is 17.4 Å². The molecular weight excluding hydrogens is 470 g/mol. The molecule has 9 nitrogen and oxygen atoms in total. The van der Waals surface area contributed by atoms with Gasteiger partial charge in [-0.1, -0.05) is 25.3 Å². The van der Waals surface area contributed by atoms with Crippen LogP contribution in [0.15, 0.2) is 74.0 Å². The van der Waals surface area contributed by atoms with Crippen LogP contribution in [0, 0.1) is 0 Å². The lowest BCUT2D eigenvalue weighted by molar-refractivity contribution is -0.128. The predicted octanol–water partition coefficient (Wildman–Crippen LogP) is 5.17. The molecule has 0 radical (unpaired) electrons. The van der Waals surface area contributed by atoms with Crippen molar-refractivity contribution in [2.75, 3.05) is 30.3 Å². The molecule has 9 heteroatoms. The van der Waals surface area contributed by atoms with Gasteiger partial charge in [-0.3, -0.25) is 9.59 Å². The first-order valence-electron chi connectivity index (χ1n) is 11.9. The minimum Gasteiger partial charge on any atom is -0.492 e. The number of amides is 2. The highest BCUT2D eigenvalue weighted by atomic mass is 16.5. The number of hydrogen-bond acceptors (Lipinski definition) is 7. The number of rotatable bonds is 11. The number of benzene rings is 2. The summed E-state index contributed by atoms with van der Waals surface area (Å²) in [6.45, 7) is 11.1. The molecule has 0 atom stereocenters. The van der Waals surface area contributed by atoms with E-state index in [1.54, 1.807) is 30.5 Å². The fraction of sp³-hybridized carbons (Fsp3) is 0.214. The smallest absolute Gasteiger partial charge is 0.247 e. The quantitative estimate of drug-likeness (QED) is 0.351. The Morgan fingerprint density at radius 3 is 2.65 bits per heavy atom. The molecule has 0 bridgehead atoms. The van der Waals surface area contributed by atoms with Crippen LogP contribution in [0.3, 0.4) is 0 Å². The number of likely N-dealkylation sites (tertiary alicyclic amines) is 1. The van der Waals surface area contributed by atoms with E-state index in [2.05, 4.69) is 33.8 Å². The molecular formula is C28H29N5O4. The number of carbonyl (C=O) groups is 2. The highest BCUT2D eigenvalue weighted by Gasteiger charge is 2.19. The van der Waals surface area contributed by atoms with E-state index in [1.165, 1.54) is 6.08 Å². The second kappa shape index (κ2) is 11.9. The van der Waals surface area contributed by atoms with Gasteiger partial charge in [0.25, 0.3) is 0 Å². The van der Waals surface area contributed by atoms with Gasteiger partial charge in [-0.15, -0.1) is 0 Å². The molecule has 1 fully saturated rings. The zero-order valence-corrected chi connectivity index (χ0v) is 20.7. The van der Waals surface area contributed by atoms with Crippen molar-refractivity contribution in [3.8, 4) is 17.4 Å². The number of anilines is 3. The Bertz CT molecular complexity index is 1320. The minimum atomic E-state index is -0.316. The van der Waals surface area contributed by atoms with Crippen molar-refractivity contribution in [2.45, 2.75) is 19.8 Å². The highest BCUT2D eigenvalue weighted by molar-refractivity contribution is 5.98. The van der Waals surface area contributed by atoms with E-state index in [9.17, 15) is 9.59 Å². The fourth-order valence-electron chi connectivity index (χ4n) is 3.75. The second-order valence-corrected chi connectivity index (χ2v) is 8.50. The van der Waals surface area contributed by atoms with E-state index in [4.69, 9.17) is 9.47 Å². The zero-order valence-electron chi connectivity index (χ0n) is 20.7. The highest BCUT2D eigenvalue weighted by Crippen LogP contribution is 2.30. The van der Waals surface area contributed by atoms with E-state index in [0.717, 1.165) is 24.2 Å². The lowest BCUT2D eigenvalue weighted by atomic mass is 10.2. The summed E-state index contributed by atoms with van der Waals surface area (Å²) < 4.78 is 11.9. The van der Waals surface area contributed by atoms with Crippen molar-refractivity contribution in [1.82, 2.24) is 14.9 Å². The first-order valence-corrected chi connectivity index (χ1v) is 11.9. The summed E-state index contributed by atoms with van der Waals surface area (Å²) in [7, 11) is 0. The summed E-state index contributed by atoms with van der Waals surface area (Å²) in [6.07, 6.45) is 4.37. The molecule has 3 aromatic rings. The van der Waals surface area contributed by atoms with Crippen LogP contribution in [-0.2, 0) is 9.59 Å². The molecule has 2 aromatic carbocycles. The molecule has 2 N–H and O–H groups in total. The Labute approximate surface area is 215 Å². The Balaban J connectivity index is 1.46. The third-order valence-corrected chi connectivity index (χ3v) is 5.61. The van der Waals surface area contributed by atoms with Gasteiger partial charge in [0.15, 0.2) is 0 Å². The van der Waals surface area contributed by atoms with Crippen LogP contribution < -0.4 is 20.1 Å². The number of aromatic nitrogens is 2. The molecule has 1 saturated heterocycles. The Morgan fingerprint density at radius 2 is 1.92 bits per heavy atom. The standard InChI is InChI=1S/C28H29N5O4/c1-4-25(34)30-20-8-6-11-23(17-20)37-27-24(19(2)3)18-29-28(32-27)31-21-9-5-10-22(16-21)36-15-14-33-13-7-12-26(33)35/h4-6,8-11,16-18H,1-2,7,12-15H2,3H3,(H,30,34)(H,29,31,32). The van der Waals surface area contributed by atoms with Crippen molar-refractivity contribution in [3.63, 3.8) is 0 Å². The van der Waals surface area contributed by atoms with E-state index in [0.29, 0.717) is 54.2 Å². The number of carbonyl (C=O) groups excluding carboxylic acids is 2. The van der Waals surface area contributed by atoms with Gasteiger partial charge in [-0.2, -0.15) is 4.98 Å². The first kappa shape index (κ1) is 25.4. The van der Waals surface area contributed by atoms with Crippen LogP contribution >= 0.6 is 0 Å². The van der Waals surface area contributed by atoms with Crippen LogP contribution in [0.4, 0.5) is 17.3 Å². The van der Waals surface area contributed by atoms with Gasteiger partial charge in [-0.25, -0.2) is 4.98 Å². The van der Waals surface area contributed by atoms with Gasteiger partial charge in [0.05, 0.1) is 12.1 Å². The van der Waals surface area contributed by atoms with E-state index in [-0.39, 0.29) is 11.8 Å². The summed E-state index contributed by atoms with van der Waals surface area (Å²) in [5.74, 6) is 1.67. The number of allylic oxidation sites excluding steroid dienone is 1. The van der Waals surface area contributed by atoms with E-state index < -0.39 is 0 Å². The minimum absolute atomic E-state index is 0.181. The molecule has 0 spiro atoms. The zero-order chi connectivity index (χ0) is 26.2. The van der Waals surface area contributed by atoms with E-state index >= 15 is 0 Å². The predicted molar refractivity (Wildman–Crippen MR) is 143 cm³/mol. The van der Waals surface area contributed by atoms with Crippen LogP contribution in [0.2, 0.25) is 0 Å². The van der Waals surface area contributed by atoms with Crippen molar-refractivity contribution in [3.05, 3.63) is 79.5 Å². The summed E-state index contributed by atoms with van der Waals surface area (Å²) in [6, 6.07) is 14.4. The SMILES string of the molecule is C=CC(=O)Nc1cccc(Oc2nc(Nc3cccc(OCCN4CCCC4=O)c3)ncc2C(=C)C)c1. The molecule has 0 aliphatic carbocycles. The average molecular weight is 500 g/mol. The lowest BCUT2D eigenvalue weighted by Crippen LogP contribution is -2.29. The van der Waals surface area contributed by atoms with Crippen molar-refractivity contribution < 1.29 is 19.1 Å². The number of hydrogen-bond donors (Lipinski definition) is 2. The third-order valence-electron chi connectivity index (χ3n) is 5.61. The molecule has 1 aliphatic rings. The molecule has 2 heterocycles.